The van der Waals surface area contributed by atoms with Gasteiger partial charge in [0.1, 0.15) is 6.54 Å². The van der Waals surface area contributed by atoms with Gasteiger partial charge in [-0.05, 0) is 18.2 Å². The molecule has 1 rings (SSSR count). The van der Waals surface area contributed by atoms with E-state index in [-0.39, 0.29) is 5.69 Å². The zero-order valence-electron chi connectivity index (χ0n) is 7.78. The fraction of sp³-hybridized carbons (Fsp3) is 0.333. The fourth-order valence-corrected chi connectivity index (χ4v) is 1.01. The summed E-state index contributed by atoms with van der Waals surface area (Å²) in [5.74, 6) is 0. The van der Waals surface area contributed by atoms with Gasteiger partial charge in [0.05, 0.1) is 5.56 Å². The number of alkyl halides is 6. The highest BCUT2D eigenvalue weighted by atomic mass is 19.4. The largest absolute Gasteiger partial charge is 0.416 e. The Hall–Kier alpha value is -1.40. The molecule has 0 aliphatic carbocycles. The SMILES string of the molecule is FC(F)(F)CNc1cccc(C(F)(F)F)c1. The summed E-state index contributed by atoms with van der Waals surface area (Å²) in [6, 6.07) is 3.60. The minimum absolute atomic E-state index is 0.216. The predicted octanol–water partition coefficient (Wildman–Crippen LogP) is 3.68. The lowest BCUT2D eigenvalue weighted by Gasteiger charge is -2.11. The van der Waals surface area contributed by atoms with Crippen molar-refractivity contribution in [2.24, 2.45) is 0 Å². The maximum Gasteiger partial charge on any atom is 0.416 e. The van der Waals surface area contributed by atoms with Gasteiger partial charge in [-0.25, -0.2) is 0 Å². The molecule has 0 atom stereocenters. The van der Waals surface area contributed by atoms with Crippen LogP contribution in [-0.4, -0.2) is 12.7 Å². The van der Waals surface area contributed by atoms with Crippen molar-refractivity contribution in [3.05, 3.63) is 29.8 Å². The zero-order valence-corrected chi connectivity index (χ0v) is 7.78. The minimum Gasteiger partial charge on any atom is -0.376 e. The normalized spacial score (nSPS) is 12.6. The van der Waals surface area contributed by atoms with Crippen LogP contribution in [0.5, 0.6) is 0 Å². The topological polar surface area (TPSA) is 12.0 Å². The predicted molar refractivity (Wildman–Crippen MR) is 46.0 cm³/mol. The number of halogens is 6. The first-order chi connectivity index (χ1) is 7.18. The van der Waals surface area contributed by atoms with Crippen LogP contribution in [0.2, 0.25) is 0 Å². The molecule has 0 fully saturated rings. The van der Waals surface area contributed by atoms with E-state index in [9.17, 15) is 26.3 Å². The molecule has 0 saturated carbocycles. The highest BCUT2D eigenvalue weighted by Crippen LogP contribution is 2.30. The second kappa shape index (κ2) is 4.23. The molecule has 0 bridgehead atoms. The molecule has 7 heteroatoms. The van der Waals surface area contributed by atoms with E-state index >= 15 is 0 Å². The number of hydrogen-bond acceptors (Lipinski definition) is 1. The first-order valence-corrected chi connectivity index (χ1v) is 4.16. The van der Waals surface area contributed by atoms with Crippen molar-refractivity contribution in [2.45, 2.75) is 12.4 Å². The third-order valence-electron chi connectivity index (χ3n) is 1.68. The number of anilines is 1. The molecule has 0 aromatic heterocycles. The van der Waals surface area contributed by atoms with Crippen LogP contribution in [0.1, 0.15) is 5.56 Å². The fourth-order valence-electron chi connectivity index (χ4n) is 1.01. The van der Waals surface area contributed by atoms with Crippen molar-refractivity contribution in [1.82, 2.24) is 0 Å². The summed E-state index contributed by atoms with van der Waals surface area (Å²) in [6.07, 6.45) is -9.02. The molecule has 1 N–H and O–H groups in total. The number of nitrogens with one attached hydrogen (secondary N) is 1. The van der Waals surface area contributed by atoms with Crippen molar-refractivity contribution >= 4 is 5.69 Å². The summed E-state index contributed by atoms with van der Waals surface area (Å²) in [5, 5.41) is 1.87. The molecule has 0 aliphatic heterocycles. The van der Waals surface area contributed by atoms with Gasteiger partial charge >= 0.3 is 12.4 Å². The third kappa shape index (κ3) is 4.00. The number of hydrogen-bond donors (Lipinski definition) is 1. The van der Waals surface area contributed by atoms with Crippen molar-refractivity contribution in [1.29, 1.82) is 0 Å². The standard InChI is InChI=1S/C9H7F6N/c10-8(11,12)5-16-7-3-1-2-6(4-7)9(13,14)15/h1-4,16H,5H2. The molecule has 0 amide bonds. The first kappa shape index (κ1) is 12.7. The van der Waals surface area contributed by atoms with E-state index in [1.165, 1.54) is 0 Å². The lowest BCUT2D eigenvalue weighted by molar-refractivity contribution is -0.137. The van der Waals surface area contributed by atoms with E-state index in [1.807, 2.05) is 5.32 Å². The molecule has 0 heterocycles. The number of benzene rings is 1. The van der Waals surface area contributed by atoms with E-state index in [4.69, 9.17) is 0 Å². The summed E-state index contributed by atoms with van der Waals surface area (Å²) in [5.41, 5.74) is -1.20. The Morgan fingerprint density at radius 1 is 1.00 bits per heavy atom. The Morgan fingerprint density at radius 2 is 1.62 bits per heavy atom. The molecule has 0 saturated heterocycles. The Bertz CT molecular complexity index is 354. The molecule has 0 radical (unpaired) electrons. The molecular formula is C9H7F6N. The van der Waals surface area contributed by atoms with Gasteiger partial charge in [0, 0.05) is 5.69 Å². The summed E-state index contributed by atoms with van der Waals surface area (Å²) < 4.78 is 71.9. The van der Waals surface area contributed by atoms with Gasteiger partial charge in [-0.3, -0.25) is 0 Å². The Balaban J connectivity index is 2.76. The van der Waals surface area contributed by atoms with E-state index in [0.29, 0.717) is 6.07 Å². The van der Waals surface area contributed by atoms with Gasteiger partial charge in [-0.15, -0.1) is 0 Å². The summed E-state index contributed by atoms with van der Waals surface area (Å²) in [7, 11) is 0. The van der Waals surface area contributed by atoms with E-state index in [1.54, 1.807) is 0 Å². The minimum atomic E-state index is -4.56. The highest BCUT2D eigenvalue weighted by Gasteiger charge is 2.31. The number of rotatable bonds is 2. The molecule has 1 aromatic carbocycles. The third-order valence-corrected chi connectivity index (χ3v) is 1.68. The van der Waals surface area contributed by atoms with Crippen LogP contribution in [-0.2, 0) is 6.18 Å². The highest BCUT2D eigenvalue weighted by molar-refractivity contribution is 5.46. The van der Waals surface area contributed by atoms with Gasteiger partial charge in [0.25, 0.3) is 0 Å². The van der Waals surface area contributed by atoms with Crippen LogP contribution in [0, 0.1) is 0 Å². The van der Waals surface area contributed by atoms with Crippen LogP contribution < -0.4 is 5.32 Å². The van der Waals surface area contributed by atoms with E-state index in [0.717, 1.165) is 18.2 Å². The van der Waals surface area contributed by atoms with Gasteiger partial charge < -0.3 is 5.32 Å². The van der Waals surface area contributed by atoms with E-state index < -0.39 is 24.5 Å². The molecule has 90 valence electrons. The van der Waals surface area contributed by atoms with Crippen LogP contribution in [0.25, 0.3) is 0 Å². The Morgan fingerprint density at radius 3 is 2.12 bits per heavy atom. The second-order valence-corrected chi connectivity index (χ2v) is 3.05. The van der Waals surface area contributed by atoms with Crippen LogP contribution >= 0.6 is 0 Å². The maximum atomic E-state index is 12.2. The van der Waals surface area contributed by atoms with Crippen LogP contribution in [0.3, 0.4) is 0 Å². The quantitative estimate of drug-likeness (QED) is 0.781. The molecule has 1 nitrogen and oxygen atoms in total. The lowest BCUT2D eigenvalue weighted by Crippen LogP contribution is -2.21. The summed E-state index contributed by atoms with van der Waals surface area (Å²) in [4.78, 5) is 0. The van der Waals surface area contributed by atoms with Crippen molar-refractivity contribution in [3.63, 3.8) is 0 Å². The Labute approximate surface area is 87.1 Å². The van der Waals surface area contributed by atoms with Crippen LogP contribution in [0.4, 0.5) is 32.0 Å². The zero-order chi connectivity index (χ0) is 12.4. The lowest BCUT2D eigenvalue weighted by atomic mass is 10.2. The first-order valence-electron chi connectivity index (χ1n) is 4.16. The second-order valence-electron chi connectivity index (χ2n) is 3.05. The molecular weight excluding hydrogens is 236 g/mol. The van der Waals surface area contributed by atoms with Gasteiger partial charge in [-0.2, -0.15) is 26.3 Å². The van der Waals surface area contributed by atoms with Gasteiger partial charge in [0.15, 0.2) is 0 Å². The summed E-state index contributed by atoms with van der Waals surface area (Å²) in [6.45, 7) is -1.37. The summed E-state index contributed by atoms with van der Waals surface area (Å²) >= 11 is 0. The van der Waals surface area contributed by atoms with E-state index in [2.05, 4.69) is 0 Å². The average Bonchev–Trinajstić information content (AvgIpc) is 2.13. The van der Waals surface area contributed by atoms with Gasteiger partial charge in [-0.1, -0.05) is 6.07 Å². The average molecular weight is 243 g/mol. The van der Waals surface area contributed by atoms with Crippen molar-refractivity contribution in [2.75, 3.05) is 11.9 Å². The van der Waals surface area contributed by atoms with Gasteiger partial charge in [0.2, 0.25) is 0 Å². The molecule has 1 aromatic rings. The Kier molecular flexibility index (Phi) is 3.35. The van der Waals surface area contributed by atoms with Crippen LogP contribution in [0.15, 0.2) is 24.3 Å². The maximum absolute atomic E-state index is 12.2. The monoisotopic (exact) mass is 243 g/mol. The van der Waals surface area contributed by atoms with Crippen molar-refractivity contribution < 1.29 is 26.3 Å². The molecule has 0 spiro atoms. The van der Waals surface area contributed by atoms with Crippen molar-refractivity contribution in [3.8, 4) is 0 Å². The molecule has 0 unspecified atom stereocenters. The molecule has 16 heavy (non-hydrogen) atoms. The smallest absolute Gasteiger partial charge is 0.376 e. The molecule has 0 aliphatic rings.